The van der Waals surface area contributed by atoms with Crippen molar-refractivity contribution in [3.8, 4) is 0 Å². The van der Waals surface area contributed by atoms with Gasteiger partial charge in [0, 0.05) is 37.7 Å². The van der Waals surface area contributed by atoms with Crippen LogP contribution in [0.3, 0.4) is 0 Å². The molecule has 1 heterocycles. The zero-order valence-electron chi connectivity index (χ0n) is 12.8. The van der Waals surface area contributed by atoms with Crippen LogP contribution < -0.4 is 5.73 Å². The van der Waals surface area contributed by atoms with Gasteiger partial charge < -0.3 is 10.6 Å². The van der Waals surface area contributed by atoms with Crippen LogP contribution in [0.25, 0.3) is 0 Å². The second kappa shape index (κ2) is 7.25. The van der Waals surface area contributed by atoms with Crippen LogP contribution in [0.4, 0.5) is 0 Å². The fraction of sp³-hybridized carbons (Fsp3) is 0.562. The average molecular weight is 310 g/mol. The lowest BCUT2D eigenvalue weighted by atomic mass is 9.96. The zero-order valence-corrected chi connectivity index (χ0v) is 13.5. The van der Waals surface area contributed by atoms with Gasteiger partial charge in [-0.1, -0.05) is 30.7 Å². The van der Waals surface area contributed by atoms with E-state index in [1.807, 2.05) is 31.3 Å². The van der Waals surface area contributed by atoms with Crippen LogP contribution in [0.5, 0.6) is 0 Å². The Kier molecular flexibility index (Phi) is 5.62. The van der Waals surface area contributed by atoms with Crippen LogP contribution >= 0.6 is 11.6 Å². The van der Waals surface area contributed by atoms with E-state index >= 15 is 0 Å². The van der Waals surface area contributed by atoms with E-state index in [1.165, 1.54) is 0 Å². The molecule has 1 aliphatic rings. The highest BCUT2D eigenvalue weighted by Gasteiger charge is 2.24. The van der Waals surface area contributed by atoms with E-state index in [2.05, 4.69) is 11.8 Å². The minimum Gasteiger partial charge on any atom is -0.340 e. The van der Waals surface area contributed by atoms with Crippen molar-refractivity contribution in [2.75, 3.05) is 26.7 Å². The molecule has 2 atom stereocenters. The van der Waals surface area contributed by atoms with Crippen molar-refractivity contribution in [2.45, 2.75) is 25.9 Å². The number of hydrogen-bond acceptors (Lipinski definition) is 3. The van der Waals surface area contributed by atoms with Crippen LogP contribution in [0.1, 0.15) is 18.9 Å². The summed E-state index contributed by atoms with van der Waals surface area (Å²) in [5, 5.41) is 0.698. The molecule has 0 spiro atoms. The monoisotopic (exact) mass is 309 g/mol. The molecular formula is C16H24ClN3O. The number of amides is 1. The number of halogens is 1. The predicted molar refractivity (Wildman–Crippen MR) is 86.1 cm³/mol. The Morgan fingerprint density at radius 2 is 2.24 bits per heavy atom. The molecule has 0 aliphatic carbocycles. The van der Waals surface area contributed by atoms with Gasteiger partial charge in [-0.25, -0.2) is 0 Å². The second-order valence-electron chi connectivity index (χ2n) is 6.17. The van der Waals surface area contributed by atoms with Crippen molar-refractivity contribution >= 4 is 17.5 Å². The molecule has 4 nitrogen and oxygen atoms in total. The summed E-state index contributed by atoms with van der Waals surface area (Å²) in [5.74, 6) is 0.677. The van der Waals surface area contributed by atoms with E-state index in [0.717, 1.165) is 25.1 Å². The first-order chi connectivity index (χ1) is 9.94. The summed E-state index contributed by atoms with van der Waals surface area (Å²) >= 11 is 5.97. The first kappa shape index (κ1) is 16.3. The molecule has 1 saturated heterocycles. The number of likely N-dealkylation sites (tertiary alicyclic amines) is 1. The molecule has 2 N–H and O–H groups in total. The van der Waals surface area contributed by atoms with Crippen molar-refractivity contribution in [2.24, 2.45) is 11.7 Å². The Morgan fingerprint density at radius 1 is 1.48 bits per heavy atom. The van der Waals surface area contributed by atoms with Crippen LogP contribution in [0.15, 0.2) is 24.3 Å². The first-order valence-electron chi connectivity index (χ1n) is 7.40. The van der Waals surface area contributed by atoms with E-state index in [-0.39, 0.29) is 11.9 Å². The van der Waals surface area contributed by atoms with Crippen LogP contribution in [0, 0.1) is 5.92 Å². The summed E-state index contributed by atoms with van der Waals surface area (Å²) in [4.78, 5) is 16.2. The molecule has 1 amide bonds. The fourth-order valence-electron chi connectivity index (χ4n) is 2.95. The SMILES string of the molecule is CC1CC(N)CN(CC(=O)N(C)Cc2cccc(Cl)c2)C1. The van der Waals surface area contributed by atoms with Gasteiger partial charge in [-0.05, 0) is 30.0 Å². The molecule has 1 fully saturated rings. The van der Waals surface area contributed by atoms with E-state index in [0.29, 0.717) is 24.0 Å². The topological polar surface area (TPSA) is 49.6 Å². The molecule has 1 aromatic rings. The van der Waals surface area contributed by atoms with Gasteiger partial charge >= 0.3 is 0 Å². The molecule has 1 aromatic carbocycles. The Morgan fingerprint density at radius 3 is 2.90 bits per heavy atom. The van der Waals surface area contributed by atoms with E-state index in [4.69, 9.17) is 17.3 Å². The number of rotatable bonds is 4. The molecule has 0 radical (unpaired) electrons. The highest BCUT2D eigenvalue weighted by atomic mass is 35.5. The number of nitrogens with two attached hydrogens (primary N) is 1. The number of benzene rings is 1. The quantitative estimate of drug-likeness (QED) is 0.925. The first-order valence-corrected chi connectivity index (χ1v) is 7.78. The number of piperidine rings is 1. The van der Waals surface area contributed by atoms with Gasteiger partial charge in [-0.2, -0.15) is 0 Å². The van der Waals surface area contributed by atoms with Crippen molar-refractivity contribution in [1.29, 1.82) is 0 Å². The molecule has 0 saturated carbocycles. The van der Waals surface area contributed by atoms with Gasteiger partial charge in [0.25, 0.3) is 0 Å². The van der Waals surface area contributed by atoms with Gasteiger partial charge in [-0.3, -0.25) is 9.69 Å². The molecule has 0 bridgehead atoms. The lowest BCUT2D eigenvalue weighted by molar-refractivity contribution is -0.132. The zero-order chi connectivity index (χ0) is 15.4. The molecule has 116 valence electrons. The minimum absolute atomic E-state index is 0.122. The highest BCUT2D eigenvalue weighted by molar-refractivity contribution is 6.30. The highest BCUT2D eigenvalue weighted by Crippen LogP contribution is 2.15. The Bertz CT molecular complexity index is 484. The lowest BCUT2D eigenvalue weighted by Gasteiger charge is -2.35. The molecular weight excluding hydrogens is 286 g/mol. The predicted octanol–water partition coefficient (Wildman–Crippen LogP) is 1.97. The van der Waals surface area contributed by atoms with Crippen molar-refractivity contribution in [3.63, 3.8) is 0 Å². The maximum Gasteiger partial charge on any atom is 0.236 e. The van der Waals surface area contributed by atoms with Crippen molar-refractivity contribution in [3.05, 3.63) is 34.9 Å². The molecule has 1 aliphatic heterocycles. The van der Waals surface area contributed by atoms with Crippen LogP contribution in [0.2, 0.25) is 5.02 Å². The summed E-state index contributed by atoms with van der Waals surface area (Å²) in [6.45, 7) is 4.96. The third-order valence-electron chi connectivity index (χ3n) is 3.86. The Hall–Kier alpha value is -1.10. The molecule has 0 aromatic heterocycles. The second-order valence-corrected chi connectivity index (χ2v) is 6.61. The Labute approximate surface area is 131 Å². The van der Waals surface area contributed by atoms with Crippen molar-refractivity contribution in [1.82, 2.24) is 9.80 Å². The van der Waals surface area contributed by atoms with E-state index in [1.54, 1.807) is 4.90 Å². The number of hydrogen-bond donors (Lipinski definition) is 1. The van der Waals surface area contributed by atoms with Gasteiger partial charge in [0.2, 0.25) is 5.91 Å². The summed E-state index contributed by atoms with van der Waals surface area (Å²) in [6, 6.07) is 7.79. The van der Waals surface area contributed by atoms with Gasteiger partial charge in [-0.15, -0.1) is 0 Å². The molecule has 21 heavy (non-hydrogen) atoms. The summed E-state index contributed by atoms with van der Waals surface area (Å²) in [7, 11) is 1.83. The van der Waals surface area contributed by atoms with Crippen molar-refractivity contribution < 1.29 is 4.79 Å². The maximum absolute atomic E-state index is 12.3. The third-order valence-corrected chi connectivity index (χ3v) is 4.10. The normalized spacial score (nSPS) is 23.0. The standard InChI is InChI=1S/C16H24ClN3O/c1-12-6-15(18)10-20(8-12)11-16(21)19(2)9-13-4-3-5-14(17)7-13/h3-5,7,12,15H,6,8-11,18H2,1-2H3. The number of carbonyl (C=O) groups excluding carboxylic acids is 1. The van der Waals surface area contributed by atoms with Gasteiger partial charge in [0.15, 0.2) is 0 Å². The summed E-state index contributed by atoms with van der Waals surface area (Å²) < 4.78 is 0. The van der Waals surface area contributed by atoms with Gasteiger partial charge in [0.1, 0.15) is 0 Å². The average Bonchev–Trinajstić information content (AvgIpc) is 2.37. The fourth-order valence-corrected chi connectivity index (χ4v) is 3.16. The van der Waals surface area contributed by atoms with Gasteiger partial charge in [0.05, 0.1) is 6.54 Å². The van der Waals surface area contributed by atoms with E-state index in [9.17, 15) is 4.79 Å². The summed E-state index contributed by atoms with van der Waals surface area (Å²) in [5.41, 5.74) is 7.07. The number of nitrogens with zero attached hydrogens (tertiary/aromatic N) is 2. The number of likely N-dealkylation sites (N-methyl/N-ethyl adjacent to an activating group) is 1. The summed E-state index contributed by atoms with van der Waals surface area (Å²) in [6.07, 6.45) is 1.04. The maximum atomic E-state index is 12.3. The lowest BCUT2D eigenvalue weighted by Crippen LogP contribution is -2.49. The van der Waals surface area contributed by atoms with Crippen LogP contribution in [-0.2, 0) is 11.3 Å². The minimum atomic E-state index is 0.122. The van der Waals surface area contributed by atoms with Crippen LogP contribution in [-0.4, -0.2) is 48.4 Å². The smallest absolute Gasteiger partial charge is 0.236 e. The third kappa shape index (κ3) is 4.99. The molecule has 2 unspecified atom stereocenters. The number of carbonyl (C=O) groups is 1. The Balaban J connectivity index is 1.87. The van der Waals surface area contributed by atoms with E-state index < -0.39 is 0 Å². The molecule has 5 heteroatoms. The molecule has 2 rings (SSSR count). The largest absolute Gasteiger partial charge is 0.340 e.